The average molecular weight is 489 g/mol. The largest absolute Gasteiger partial charge is 0.507 e. The van der Waals surface area contributed by atoms with Gasteiger partial charge in [-0.1, -0.05) is 18.2 Å². The van der Waals surface area contributed by atoms with E-state index in [1.807, 2.05) is 0 Å². The molecule has 0 saturated heterocycles. The van der Waals surface area contributed by atoms with Crippen LogP contribution in [0.2, 0.25) is 0 Å². The van der Waals surface area contributed by atoms with Crippen LogP contribution in [0.25, 0.3) is 21.7 Å². The maximum atomic E-state index is 12.4. The third-order valence-corrected chi connectivity index (χ3v) is 6.53. The number of para-hydroxylation sites is 1. The molecule has 0 unspecified atom stereocenters. The minimum atomic E-state index is -4.76. The first-order valence-electron chi connectivity index (χ1n) is 9.19. The summed E-state index contributed by atoms with van der Waals surface area (Å²) in [5.41, 5.74) is -0.365. The Morgan fingerprint density at radius 1 is 0.879 bits per heavy atom. The van der Waals surface area contributed by atoms with Crippen LogP contribution < -0.4 is 5.63 Å². The SMILES string of the molecule is CC(=Nc1cc(S(=O)(=O)O)cc2cc(S(=O)(=O)O)cc(O)c12)c1cc2ccccc2oc1=O. The molecule has 12 heteroatoms. The first kappa shape index (κ1) is 22.6. The summed E-state index contributed by atoms with van der Waals surface area (Å²) in [6, 6.07) is 11.9. The number of aliphatic imine (C=N–C) groups is 1. The third kappa shape index (κ3) is 4.36. The zero-order valence-electron chi connectivity index (χ0n) is 16.8. The number of phenolic OH excluding ortho intramolecular Hbond substituents is 1. The van der Waals surface area contributed by atoms with Gasteiger partial charge in [0.15, 0.2) is 0 Å². The van der Waals surface area contributed by atoms with Gasteiger partial charge in [-0.15, -0.1) is 0 Å². The topological polar surface area (TPSA) is 172 Å². The number of nitrogens with zero attached hydrogens (tertiary/aromatic N) is 1. The number of hydrogen-bond acceptors (Lipinski definition) is 8. The van der Waals surface area contributed by atoms with Crippen LogP contribution in [0.1, 0.15) is 12.5 Å². The Hall–Kier alpha value is -3.58. The fraction of sp³-hybridized carbons (Fsp3) is 0.0476. The molecule has 0 radical (unpaired) electrons. The van der Waals surface area contributed by atoms with Gasteiger partial charge in [-0.2, -0.15) is 16.8 Å². The van der Waals surface area contributed by atoms with E-state index in [1.54, 1.807) is 24.3 Å². The Morgan fingerprint density at radius 2 is 1.48 bits per heavy atom. The lowest BCUT2D eigenvalue weighted by Crippen LogP contribution is -2.12. The highest BCUT2D eigenvalue weighted by atomic mass is 32.2. The number of fused-ring (bicyclic) bond motifs is 2. The van der Waals surface area contributed by atoms with Crippen LogP contribution in [0.15, 0.2) is 78.6 Å². The number of hydrogen-bond donors (Lipinski definition) is 3. The van der Waals surface area contributed by atoms with Gasteiger partial charge in [0.2, 0.25) is 0 Å². The Kier molecular flexibility index (Phi) is 5.33. The molecule has 3 aromatic carbocycles. The maximum absolute atomic E-state index is 12.4. The summed E-state index contributed by atoms with van der Waals surface area (Å²) in [6.45, 7) is 1.45. The van der Waals surface area contributed by atoms with Gasteiger partial charge in [0, 0.05) is 16.8 Å². The Labute approximate surface area is 186 Å². The molecule has 4 rings (SSSR count). The molecule has 0 spiro atoms. The zero-order valence-corrected chi connectivity index (χ0v) is 18.4. The van der Waals surface area contributed by atoms with Crippen LogP contribution in [-0.4, -0.2) is 36.8 Å². The van der Waals surface area contributed by atoms with E-state index in [2.05, 4.69) is 4.99 Å². The van der Waals surface area contributed by atoms with Gasteiger partial charge in [-0.3, -0.25) is 14.1 Å². The van der Waals surface area contributed by atoms with Crippen molar-refractivity contribution in [2.45, 2.75) is 16.7 Å². The summed E-state index contributed by atoms with van der Waals surface area (Å²) < 4.78 is 70.6. The fourth-order valence-electron chi connectivity index (χ4n) is 3.36. The molecule has 0 aliphatic heterocycles. The number of phenols is 1. The van der Waals surface area contributed by atoms with Crippen LogP contribution in [0.3, 0.4) is 0 Å². The molecule has 0 amide bonds. The molecule has 0 saturated carbocycles. The third-order valence-electron chi connectivity index (χ3n) is 4.87. The lowest BCUT2D eigenvalue weighted by molar-refractivity contribution is 0.471. The monoisotopic (exact) mass is 489 g/mol. The van der Waals surface area contributed by atoms with E-state index in [4.69, 9.17) is 4.42 Å². The minimum Gasteiger partial charge on any atom is -0.507 e. The molecule has 0 fully saturated rings. The van der Waals surface area contributed by atoms with E-state index in [0.29, 0.717) is 11.0 Å². The predicted octanol–water partition coefficient (Wildman–Crippen LogP) is 3.29. The highest BCUT2D eigenvalue weighted by molar-refractivity contribution is 7.86. The summed E-state index contributed by atoms with van der Waals surface area (Å²) >= 11 is 0. The molecule has 0 atom stereocenters. The van der Waals surface area contributed by atoms with E-state index in [9.17, 15) is 35.8 Å². The van der Waals surface area contributed by atoms with Gasteiger partial charge in [-0.05, 0) is 42.6 Å². The first-order valence-corrected chi connectivity index (χ1v) is 12.1. The maximum Gasteiger partial charge on any atom is 0.345 e. The van der Waals surface area contributed by atoms with Crippen molar-refractivity contribution in [2.24, 2.45) is 4.99 Å². The van der Waals surface area contributed by atoms with Crippen molar-refractivity contribution in [1.29, 1.82) is 0 Å². The highest BCUT2D eigenvalue weighted by Gasteiger charge is 2.20. The molecule has 1 heterocycles. The zero-order chi connectivity index (χ0) is 24.1. The molecule has 33 heavy (non-hydrogen) atoms. The lowest BCUT2D eigenvalue weighted by atomic mass is 10.1. The minimum absolute atomic E-state index is 0.0631. The standard InChI is InChI=1S/C21H15NO9S2/c1-11(16-8-12-4-2-3-5-19(12)31-21(16)24)22-17-9-14(32(25,26)27)6-13-7-15(33(28,29)30)10-18(23)20(13)17/h2-10,23H,1H3,(H,25,26,27)(H,28,29,30). The van der Waals surface area contributed by atoms with Crippen molar-refractivity contribution in [3.05, 3.63) is 70.6 Å². The van der Waals surface area contributed by atoms with Gasteiger partial charge >= 0.3 is 5.63 Å². The first-order chi connectivity index (χ1) is 15.3. The van der Waals surface area contributed by atoms with Crippen molar-refractivity contribution in [1.82, 2.24) is 0 Å². The molecule has 3 N–H and O–H groups in total. The average Bonchev–Trinajstić information content (AvgIpc) is 2.71. The van der Waals surface area contributed by atoms with Gasteiger partial charge in [0.1, 0.15) is 11.3 Å². The van der Waals surface area contributed by atoms with Crippen molar-refractivity contribution >= 4 is 53.4 Å². The second-order valence-electron chi connectivity index (χ2n) is 7.12. The molecule has 4 aromatic rings. The van der Waals surface area contributed by atoms with E-state index in [1.165, 1.54) is 13.0 Å². The van der Waals surface area contributed by atoms with Crippen molar-refractivity contribution in [3.8, 4) is 5.75 Å². The quantitative estimate of drug-likeness (QED) is 0.221. The van der Waals surface area contributed by atoms with Crippen molar-refractivity contribution in [3.63, 3.8) is 0 Å². The Morgan fingerprint density at radius 3 is 2.12 bits per heavy atom. The molecular formula is C21H15NO9S2. The Balaban J connectivity index is 2.03. The van der Waals surface area contributed by atoms with Crippen molar-refractivity contribution in [2.75, 3.05) is 0 Å². The van der Waals surface area contributed by atoms with Gasteiger partial charge in [0.25, 0.3) is 20.2 Å². The molecular weight excluding hydrogens is 474 g/mol. The normalized spacial score (nSPS) is 13.0. The van der Waals surface area contributed by atoms with Crippen LogP contribution in [0.4, 0.5) is 5.69 Å². The molecule has 1 aromatic heterocycles. The second kappa shape index (κ2) is 7.78. The summed E-state index contributed by atoms with van der Waals surface area (Å²) in [5, 5.41) is 10.8. The molecule has 0 aliphatic rings. The van der Waals surface area contributed by atoms with Crippen LogP contribution in [-0.2, 0) is 20.2 Å². The molecule has 0 aliphatic carbocycles. The van der Waals surface area contributed by atoms with Gasteiger partial charge in [-0.25, -0.2) is 4.79 Å². The van der Waals surface area contributed by atoms with Gasteiger partial charge < -0.3 is 9.52 Å². The molecule has 10 nitrogen and oxygen atoms in total. The number of benzene rings is 3. The second-order valence-corrected chi connectivity index (χ2v) is 9.96. The Bertz CT molecular complexity index is 1750. The van der Waals surface area contributed by atoms with Crippen LogP contribution in [0, 0.1) is 0 Å². The predicted molar refractivity (Wildman–Crippen MR) is 120 cm³/mol. The summed E-state index contributed by atoms with van der Waals surface area (Å²) in [4.78, 5) is 15.4. The number of rotatable bonds is 4. The van der Waals surface area contributed by atoms with Crippen LogP contribution >= 0.6 is 0 Å². The fourth-order valence-corrected chi connectivity index (χ4v) is 4.43. The van der Waals surface area contributed by atoms with Crippen molar-refractivity contribution < 1.29 is 35.5 Å². The van der Waals surface area contributed by atoms with E-state index < -0.39 is 41.4 Å². The van der Waals surface area contributed by atoms with E-state index in [0.717, 1.165) is 24.3 Å². The summed E-state index contributed by atoms with van der Waals surface area (Å²) in [6.07, 6.45) is 0. The van der Waals surface area contributed by atoms with Crippen LogP contribution in [0.5, 0.6) is 5.75 Å². The highest BCUT2D eigenvalue weighted by Crippen LogP contribution is 2.38. The molecule has 0 bridgehead atoms. The van der Waals surface area contributed by atoms with Gasteiger partial charge in [0.05, 0.1) is 26.8 Å². The van der Waals surface area contributed by atoms with E-state index >= 15 is 0 Å². The van der Waals surface area contributed by atoms with E-state index in [-0.39, 0.29) is 27.7 Å². The smallest absolute Gasteiger partial charge is 0.345 e. The molecule has 170 valence electrons. The number of aromatic hydroxyl groups is 1. The summed E-state index contributed by atoms with van der Waals surface area (Å²) in [7, 11) is -9.49. The lowest BCUT2D eigenvalue weighted by Gasteiger charge is -2.10. The summed E-state index contributed by atoms with van der Waals surface area (Å²) in [5.74, 6) is -0.626.